The molecule has 2 N–H and O–H groups in total. The Kier molecular flexibility index (Phi) is 17.8. The zero-order chi connectivity index (χ0) is 30.6. The number of nitrogens with zero attached hydrogens (tertiary/aromatic N) is 7. The van der Waals surface area contributed by atoms with Gasteiger partial charge in [-0.05, 0) is 62.4 Å². The van der Waals surface area contributed by atoms with Crippen molar-refractivity contribution in [3.8, 4) is 0 Å². The molecule has 216 valence electrons. The van der Waals surface area contributed by atoms with Crippen molar-refractivity contribution in [1.29, 1.82) is 0 Å². The van der Waals surface area contributed by atoms with Crippen molar-refractivity contribution >= 4 is 78.2 Å². The van der Waals surface area contributed by atoms with Crippen molar-refractivity contribution in [2.45, 2.75) is 13.8 Å². The van der Waals surface area contributed by atoms with E-state index in [0.717, 1.165) is 34.2 Å². The van der Waals surface area contributed by atoms with Crippen molar-refractivity contribution in [2.24, 2.45) is 20.2 Å². The minimum Gasteiger partial charge on any atom is -0.741 e. The van der Waals surface area contributed by atoms with Crippen LogP contribution in [0.1, 0.15) is 25.2 Å². The number of pyridine rings is 2. The second-order valence-corrected chi connectivity index (χ2v) is 8.55. The molecule has 0 amide bonds. The van der Waals surface area contributed by atoms with Gasteiger partial charge < -0.3 is 40.6 Å². The molecule has 4 rings (SSSR count). The summed E-state index contributed by atoms with van der Waals surface area (Å²) in [7, 11) is 0. The van der Waals surface area contributed by atoms with E-state index in [1.54, 1.807) is 12.4 Å². The smallest absolute Gasteiger partial charge is 0.741 e. The van der Waals surface area contributed by atoms with Gasteiger partial charge >= 0.3 is 19.8 Å². The minimum absolute atomic E-state index is 0. The maximum Gasteiger partial charge on any atom is 3.00 e. The summed E-state index contributed by atoms with van der Waals surface area (Å²) >= 11 is 10.2. The molecule has 4 aromatic rings. The summed E-state index contributed by atoms with van der Waals surface area (Å²) < 4.78 is 0. The molecule has 12 nitrogen and oxygen atoms in total. The molecule has 0 saturated carbocycles. The van der Waals surface area contributed by atoms with E-state index >= 15 is 0 Å². The molecule has 0 aliphatic carbocycles. The van der Waals surface area contributed by atoms with E-state index in [4.69, 9.17) is 40.6 Å². The molecule has 0 saturated heterocycles. The van der Waals surface area contributed by atoms with E-state index < -0.39 is 5.09 Å². The molecule has 0 atom stereocenters. The summed E-state index contributed by atoms with van der Waals surface area (Å²) in [6.45, 7) is 3.72. The summed E-state index contributed by atoms with van der Waals surface area (Å²) in [4.78, 5) is 25.1. The SMILES string of the molecule is C/C(=N\NC([S-])=Nc1ccccc1)c1ccccn1.C/C(=N\NC([S-])=Nc1ccccc1)c1ccccn1.O=[N+]([O-])[O-].[Ga+3]. The van der Waals surface area contributed by atoms with Gasteiger partial charge in [0.25, 0.3) is 0 Å². The van der Waals surface area contributed by atoms with Crippen LogP contribution in [0.2, 0.25) is 0 Å². The van der Waals surface area contributed by atoms with Crippen LogP contribution in [-0.4, -0.2) is 56.6 Å². The Morgan fingerprint density at radius 2 is 0.977 bits per heavy atom. The fourth-order valence-electron chi connectivity index (χ4n) is 2.82. The molecule has 0 aliphatic rings. The molecule has 0 spiro atoms. The van der Waals surface area contributed by atoms with Crippen LogP contribution in [0.15, 0.2) is 130 Å². The third-order valence-corrected chi connectivity index (χ3v) is 5.05. The molecule has 2 aromatic carbocycles. The number of hydrogen-bond donors (Lipinski definition) is 2. The maximum absolute atomic E-state index is 8.25. The molecule has 0 unspecified atom stereocenters. The molecule has 0 fully saturated rings. The molecule has 2 aromatic heterocycles. The summed E-state index contributed by atoms with van der Waals surface area (Å²) in [6.07, 6.45) is 3.45. The van der Waals surface area contributed by atoms with Gasteiger partial charge in [0.1, 0.15) is 0 Å². The molecule has 43 heavy (non-hydrogen) atoms. The number of benzene rings is 2. The minimum atomic E-state index is -1.75. The van der Waals surface area contributed by atoms with Crippen LogP contribution in [0.4, 0.5) is 11.4 Å². The number of para-hydroxylation sites is 2. The third kappa shape index (κ3) is 16.4. The Morgan fingerprint density at radius 1 is 0.651 bits per heavy atom. The second kappa shape index (κ2) is 21.1. The Bertz CT molecular complexity index is 1380. The van der Waals surface area contributed by atoms with Gasteiger partial charge in [0.2, 0.25) is 0 Å². The van der Waals surface area contributed by atoms with E-state index in [-0.39, 0.29) is 19.8 Å². The molecular weight excluding hydrogens is 644 g/mol. The Balaban J connectivity index is 0.000000375. The summed E-state index contributed by atoms with van der Waals surface area (Å²) in [5.41, 5.74) is 10.2. The molecule has 0 aliphatic heterocycles. The second-order valence-electron chi connectivity index (χ2n) is 7.78. The number of nitrogens with one attached hydrogen (secondary N) is 2. The first-order valence-corrected chi connectivity index (χ1v) is 12.9. The van der Waals surface area contributed by atoms with Gasteiger partial charge in [-0.15, -0.1) is 0 Å². The normalized spacial score (nSPS) is 11.4. The number of rotatable bonds is 6. The van der Waals surface area contributed by atoms with Gasteiger partial charge in [-0.25, -0.2) is 0 Å². The van der Waals surface area contributed by atoms with Gasteiger partial charge in [-0.1, -0.05) is 48.5 Å². The number of aliphatic imine (C=N–C) groups is 2. The predicted molar refractivity (Wildman–Crippen MR) is 177 cm³/mol. The first kappa shape index (κ1) is 36.3. The quantitative estimate of drug-likeness (QED) is 0.0743. The Hall–Kier alpha value is -4.70. The summed E-state index contributed by atoms with van der Waals surface area (Å²) in [5.74, 6) is 0. The Labute approximate surface area is 273 Å². The number of hydrazone groups is 2. The zero-order valence-corrected chi connectivity index (χ0v) is 27.2. The van der Waals surface area contributed by atoms with Crippen LogP contribution in [0, 0.1) is 15.3 Å². The van der Waals surface area contributed by atoms with Gasteiger partial charge in [0, 0.05) is 22.7 Å². The molecule has 2 heterocycles. The zero-order valence-electron chi connectivity index (χ0n) is 23.1. The van der Waals surface area contributed by atoms with Crippen molar-refractivity contribution < 1.29 is 5.09 Å². The van der Waals surface area contributed by atoms with E-state index in [1.807, 2.05) is 111 Å². The van der Waals surface area contributed by atoms with Crippen LogP contribution in [0.25, 0.3) is 0 Å². The van der Waals surface area contributed by atoms with Crippen LogP contribution in [0.5, 0.6) is 0 Å². The van der Waals surface area contributed by atoms with Gasteiger partial charge in [0.15, 0.2) is 0 Å². The molecule has 15 heteroatoms. The van der Waals surface area contributed by atoms with Gasteiger partial charge in [0.05, 0.1) is 39.3 Å². The summed E-state index contributed by atoms with van der Waals surface area (Å²) in [6, 6.07) is 30.3. The Morgan fingerprint density at radius 3 is 1.28 bits per heavy atom. The van der Waals surface area contributed by atoms with E-state index in [1.165, 1.54) is 0 Å². The monoisotopic (exact) mass is 669 g/mol. The topological polar surface area (TPSA) is 165 Å². The average Bonchev–Trinajstić information content (AvgIpc) is 3.00. The van der Waals surface area contributed by atoms with Crippen molar-refractivity contribution in [1.82, 2.24) is 20.8 Å². The fourth-order valence-corrected chi connectivity index (χ4v) is 3.12. The third-order valence-electron chi connectivity index (χ3n) is 4.68. The maximum atomic E-state index is 8.25. The van der Waals surface area contributed by atoms with Crippen molar-refractivity contribution in [3.63, 3.8) is 0 Å². The van der Waals surface area contributed by atoms with E-state index in [9.17, 15) is 0 Å². The number of aromatic nitrogens is 2. The fraction of sp³-hybridized carbons (Fsp3) is 0.0714. The molecule has 0 bridgehead atoms. The largest absolute Gasteiger partial charge is 3.00 e. The average molecular weight is 670 g/mol. The molecule has 0 radical (unpaired) electrons. The first-order valence-electron chi connectivity index (χ1n) is 12.1. The number of amidine groups is 2. The van der Waals surface area contributed by atoms with Crippen LogP contribution >= 0.6 is 0 Å². The summed E-state index contributed by atoms with van der Waals surface area (Å²) in [5, 5.41) is 23.7. The first-order chi connectivity index (χ1) is 20.2. The van der Waals surface area contributed by atoms with Crippen LogP contribution in [0.3, 0.4) is 0 Å². The standard InChI is InChI=1S/2C14H14N4S.Ga.NO3/c2*1-11(13-9-5-6-10-15-13)17-18-14(19)16-12-7-3-2-4-8-12;;2-1(3)4/h2*2-10H,1H3,(H2,16,18,19);;/q;;+3;-1/p-2/b2*17-11+;;. The van der Waals surface area contributed by atoms with Gasteiger partial charge in [-0.2, -0.15) is 10.2 Å². The van der Waals surface area contributed by atoms with Crippen molar-refractivity contribution in [2.75, 3.05) is 0 Å². The van der Waals surface area contributed by atoms with E-state index in [2.05, 4.69) is 41.0 Å². The van der Waals surface area contributed by atoms with Gasteiger partial charge in [-0.3, -0.25) is 30.8 Å². The molecular formula is C28H26GaN9O3S2. The number of hydrogen-bond acceptors (Lipinski definition) is 11. The van der Waals surface area contributed by atoms with Crippen LogP contribution < -0.4 is 10.9 Å². The van der Waals surface area contributed by atoms with E-state index in [0.29, 0.717) is 10.3 Å². The van der Waals surface area contributed by atoms with Crippen molar-refractivity contribution in [3.05, 3.63) is 136 Å². The van der Waals surface area contributed by atoms with Crippen LogP contribution in [-0.2, 0) is 25.3 Å². The predicted octanol–water partition coefficient (Wildman–Crippen LogP) is 4.64.